The van der Waals surface area contributed by atoms with Gasteiger partial charge in [-0.2, -0.15) is 0 Å². The SMILES string of the molecule is CCOC[C@@H]1[C@@H]2CC[C@@H](C[C@@H]1c1ccc(Cl)c(Cl)c1)N2. The van der Waals surface area contributed by atoms with E-state index in [9.17, 15) is 0 Å². The van der Waals surface area contributed by atoms with Crippen LogP contribution in [0.2, 0.25) is 10.0 Å². The average molecular weight is 314 g/mol. The standard InChI is InChI=1S/C16H21Cl2NO/c1-2-20-9-13-12(8-11-4-6-16(13)19-11)10-3-5-14(17)15(18)7-10/h3,5,7,11-13,16,19H,2,4,6,8-9H2,1H3/t11-,12+,13-,16-/m0/s1. The fourth-order valence-electron chi connectivity index (χ4n) is 3.75. The zero-order valence-corrected chi connectivity index (χ0v) is 13.3. The molecular formula is C16H21Cl2NO. The van der Waals surface area contributed by atoms with E-state index >= 15 is 0 Å². The second-order valence-corrected chi connectivity index (χ2v) is 6.70. The lowest BCUT2D eigenvalue weighted by Crippen LogP contribution is -2.46. The molecule has 2 bridgehead atoms. The van der Waals surface area contributed by atoms with Crippen LogP contribution < -0.4 is 5.32 Å². The van der Waals surface area contributed by atoms with Crippen LogP contribution in [0.1, 0.15) is 37.7 Å². The monoisotopic (exact) mass is 313 g/mol. The lowest BCUT2D eigenvalue weighted by molar-refractivity contribution is 0.0723. The summed E-state index contributed by atoms with van der Waals surface area (Å²) in [7, 11) is 0. The fraction of sp³-hybridized carbons (Fsp3) is 0.625. The molecule has 1 aromatic carbocycles. The first-order valence-corrected chi connectivity index (χ1v) is 8.23. The van der Waals surface area contributed by atoms with Crippen LogP contribution in [0.5, 0.6) is 0 Å². The first kappa shape index (κ1) is 14.6. The molecule has 0 amide bonds. The molecule has 0 aromatic heterocycles. The number of hydrogen-bond acceptors (Lipinski definition) is 2. The molecule has 0 spiro atoms. The van der Waals surface area contributed by atoms with E-state index in [0.717, 1.165) is 13.2 Å². The lowest BCUT2D eigenvalue weighted by Gasteiger charge is -2.38. The van der Waals surface area contributed by atoms with Crippen LogP contribution in [0.25, 0.3) is 0 Å². The molecule has 2 fully saturated rings. The maximum atomic E-state index is 6.19. The molecular weight excluding hydrogens is 293 g/mol. The van der Waals surface area contributed by atoms with Crippen molar-refractivity contribution in [3.63, 3.8) is 0 Å². The number of ether oxygens (including phenoxy) is 1. The summed E-state index contributed by atoms with van der Waals surface area (Å²) in [6.07, 6.45) is 3.72. The molecule has 4 atom stereocenters. The number of benzene rings is 1. The highest BCUT2D eigenvalue weighted by molar-refractivity contribution is 6.42. The van der Waals surface area contributed by atoms with Gasteiger partial charge < -0.3 is 10.1 Å². The zero-order valence-electron chi connectivity index (χ0n) is 11.7. The van der Waals surface area contributed by atoms with Crippen LogP contribution in [0.15, 0.2) is 18.2 Å². The Kier molecular flexibility index (Phi) is 4.56. The Balaban J connectivity index is 1.85. The Labute approximate surface area is 130 Å². The Hall–Kier alpha value is -0.280. The van der Waals surface area contributed by atoms with E-state index in [4.69, 9.17) is 27.9 Å². The van der Waals surface area contributed by atoms with Crippen LogP contribution in [-0.2, 0) is 4.74 Å². The van der Waals surface area contributed by atoms with E-state index in [1.54, 1.807) is 0 Å². The van der Waals surface area contributed by atoms with Gasteiger partial charge in [-0.25, -0.2) is 0 Å². The van der Waals surface area contributed by atoms with E-state index in [-0.39, 0.29) is 0 Å². The van der Waals surface area contributed by atoms with E-state index in [1.807, 2.05) is 12.1 Å². The highest BCUT2D eigenvalue weighted by atomic mass is 35.5. The van der Waals surface area contributed by atoms with Gasteiger partial charge >= 0.3 is 0 Å². The third-order valence-corrected chi connectivity index (χ3v) is 5.47. The minimum absolute atomic E-state index is 0.523. The van der Waals surface area contributed by atoms with E-state index in [1.165, 1.54) is 24.8 Å². The van der Waals surface area contributed by atoms with Gasteiger partial charge in [0.2, 0.25) is 0 Å². The van der Waals surface area contributed by atoms with Gasteiger partial charge in [0, 0.05) is 24.6 Å². The topological polar surface area (TPSA) is 21.3 Å². The van der Waals surface area contributed by atoms with Gasteiger partial charge in [-0.3, -0.25) is 0 Å². The number of halogens is 2. The number of hydrogen-bond donors (Lipinski definition) is 1. The molecule has 110 valence electrons. The normalized spacial score (nSPS) is 32.5. The van der Waals surface area contributed by atoms with Gasteiger partial charge in [-0.1, -0.05) is 29.3 Å². The van der Waals surface area contributed by atoms with Crippen LogP contribution in [0.4, 0.5) is 0 Å². The summed E-state index contributed by atoms with van der Waals surface area (Å²) in [5.41, 5.74) is 1.31. The maximum absolute atomic E-state index is 6.19. The Morgan fingerprint density at radius 2 is 2.10 bits per heavy atom. The van der Waals surface area contributed by atoms with Crippen molar-refractivity contribution in [2.75, 3.05) is 13.2 Å². The van der Waals surface area contributed by atoms with Crippen molar-refractivity contribution in [3.05, 3.63) is 33.8 Å². The molecule has 3 rings (SSSR count). The van der Waals surface area contributed by atoms with Crippen molar-refractivity contribution in [1.82, 2.24) is 5.32 Å². The van der Waals surface area contributed by atoms with Crippen molar-refractivity contribution < 1.29 is 4.74 Å². The van der Waals surface area contributed by atoms with Crippen molar-refractivity contribution in [2.24, 2.45) is 5.92 Å². The van der Waals surface area contributed by atoms with Gasteiger partial charge in [0.05, 0.1) is 16.7 Å². The summed E-state index contributed by atoms with van der Waals surface area (Å²) < 4.78 is 5.73. The molecule has 1 N–H and O–H groups in total. The predicted octanol–water partition coefficient (Wildman–Crippen LogP) is 4.25. The number of fused-ring (bicyclic) bond motifs is 2. The molecule has 0 aliphatic carbocycles. The number of nitrogens with one attached hydrogen (secondary N) is 1. The first-order valence-electron chi connectivity index (χ1n) is 7.47. The highest BCUT2D eigenvalue weighted by Gasteiger charge is 2.42. The molecule has 0 saturated carbocycles. The number of piperidine rings is 1. The highest BCUT2D eigenvalue weighted by Crippen LogP contribution is 2.42. The van der Waals surface area contributed by atoms with Crippen molar-refractivity contribution >= 4 is 23.2 Å². The molecule has 0 unspecified atom stereocenters. The third kappa shape index (κ3) is 2.85. The van der Waals surface area contributed by atoms with Gasteiger partial charge in [-0.05, 0) is 49.8 Å². The smallest absolute Gasteiger partial charge is 0.0595 e. The maximum Gasteiger partial charge on any atom is 0.0595 e. The molecule has 20 heavy (non-hydrogen) atoms. The fourth-order valence-corrected chi connectivity index (χ4v) is 4.05. The zero-order chi connectivity index (χ0) is 14.1. The quantitative estimate of drug-likeness (QED) is 0.897. The van der Waals surface area contributed by atoms with Crippen molar-refractivity contribution in [1.29, 1.82) is 0 Å². The second-order valence-electron chi connectivity index (χ2n) is 5.89. The predicted molar refractivity (Wildman–Crippen MR) is 83.7 cm³/mol. The lowest BCUT2D eigenvalue weighted by atomic mass is 9.77. The minimum atomic E-state index is 0.523. The summed E-state index contributed by atoms with van der Waals surface area (Å²) in [5.74, 6) is 1.06. The van der Waals surface area contributed by atoms with E-state index in [0.29, 0.717) is 34.0 Å². The van der Waals surface area contributed by atoms with Crippen LogP contribution in [0, 0.1) is 5.92 Å². The molecule has 1 aromatic rings. The van der Waals surface area contributed by atoms with Gasteiger partial charge in [0.25, 0.3) is 0 Å². The first-order chi connectivity index (χ1) is 9.69. The van der Waals surface area contributed by atoms with E-state index in [2.05, 4.69) is 18.3 Å². The summed E-state index contributed by atoms with van der Waals surface area (Å²) in [4.78, 5) is 0. The average Bonchev–Trinajstić information content (AvgIpc) is 2.83. The summed E-state index contributed by atoms with van der Waals surface area (Å²) in [5, 5.41) is 5.03. The molecule has 2 nitrogen and oxygen atoms in total. The summed E-state index contributed by atoms with van der Waals surface area (Å²) >= 11 is 12.2. The molecule has 2 saturated heterocycles. The molecule has 0 radical (unpaired) electrons. The van der Waals surface area contributed by atoms with Crippen LogP contribution in [-0.4, -0.2) is 25.3 Å². The number of rotatable bonds is 4. The molecule has 4 heteroatoms. The Morgan fingerprint density at radius 3 is 2.85 bits per heavy atom. The Bertz CT molecular complexity index is 480. The van der Waals surface area contributed by atoms with Crippen LogP contribution >= 0.6 is 23.2 Å². The van der Waals surface area contributed by atoms with Crippen molar-refractivity contribution in [2.45, 2.75) is 44.2 Å². The van der Waals surface area contributed by atoms with Gasteiger partial charge in [0.15, 0.2) is 0 Å². The molecule has 2 aliphatic heterocycles. The minimum Gasteiger partial charge on any atom is -0.381 e. The third-order valence-electron chi connectivity index (χ3n) is 4.73. The summed E-state index contributed by atoms with van der Waals surface area (Å²) in [6, 6.07) is 7.32. The van der Waals surface area contributed by atoms with Crippen LogP contribution in [0.3, 0.4) is 0 Å². The van der Waals surface area contributed by atoms with Gasteiger partial charge in [-0.15, -0.1) is 0 Å². The molecule has 2 heterocycles. The Morgan fingerprint density at radius 1 is 1.25 bits per heavy atom. The summed E-state index contributed by atoms with van der Waals surface area (Å²) in [6.45, 7) is 3.66. The van der Waals surface area contributed by atoms with E-state index < -0.39 is 0 Å². The largest absolute Gasteiger partial charge is 0.381 e. The molecule has 2 aliphatic rings. The van der Waals surface area contributed by atoms with Crippen molar-refractivity contribution in [3.8, 4) is 0 Å². The second kappa shape index (κ2) is 6.23. The van der Waals surface area contributed by atoms with Gasteiger partial charge in [0.1, 0.15) is 0 Å².